The largest absolute Gasteiger partial charge is 0.506 e. The minimum Gasteiger partial charge on any atom is -0.506 e. The summed E-state index contributed by atoms with van der Waals surface area (Å²) in [6.07, 6.45) is 1.54. The fraction of sp³-hybridized carbons (Fsp3) is 0.312. The van der Waals surface area contributed by atoms with Gasteiger partial charge in [0.15, 0.2) is 0 Å². The molecule has 1 aromatic carbocycles. The van der Waals surface area contributed by atoms with Gasteiger partial charge in [-0.15, -0.1) is 0 Å². The van der Waals surface area contributed by atoms with Gasteiger partial charge in [-0.05, 0) is 19.9 Å². The molecule has 0 aliphatic heterocycles. The molecule has 2 aromatic rings. The van der Waals surface area contributed by atoms with Gasteiger partial charge in [0.05, 0.1) is 12.3 Å². The van der Waals surface area contributed by atoms with E-state index in [4.69, 9.17) is 0 Å². The van der Waals surface area contributed by atoms with Crippen LogP contribution < -0.4 is 5.32 Å². The SMILES string of the molecule is Cc1ncc(CO)c(CNC(C)c2ccccc2F)c1O. The Hall–Kier alpha value is -1.98. The average molecular weight is 290 g/mol. The quantitative estimate of drug-likeness (QED) is 0.792. The van der Waals surface area contributed by atoms with Crippen molar-refractivity contribution in [3.8, 4) is 5.75 Å². The fourth-order valence-electron chi connectivity index (χ4n) is 2.21. The van der Waals surface area contributed by atoms with Crippen LogP contribution in [0, 0.1) is 12.7 Å². The number of aryl methyl sites for hydroxylation is 1. The first-order chi connectivity index (χ1) is 10.0. The van der Waals surface area contributed by atoms with Gasteiger partial charge in [0, 0.05) is 35.5 Å². The van der Waals surface area contributed by atoms with Crippen molar-refractivity contribution in [3.63, 3.8) is 0 Å². The number of benzene rings is 1. The Labute approximate surface area is 123 Å². The van der Waals surface area contributed by atoms with Gasteiger partial charge in [0.2, 0.25) is 0 Å². The topological polar surface area (TPSA) is 65.4 Å². The van der Waals surface area contributed by atoms with E-state index >= 15 is 0 Å². The predicted molar refractivity (Wildman–Crippen MR) is 78.2 cm³/mol. The summed E-state index contributed by atoms with van der Waals surface area (Å²) >= 11 is 0. The van der Waals surface area contributed by atoms with Gasteiger partial charge in [-0.3, -0.25) is 4.98 Å². The van der Waals surface area contributed by atoms with Crippen molar-refractivity contribution in [1.29, 1.82) is 0 Å². The Kier molecular flexibility index (Phi) is 4.88. The molecule has 0 radical (unpaired) electrons. The molecule has 0 aliphatic rings. The molecule has 4 nitrogen and oxygen atoms in total. The van der Waals surface area contributed by atoms with Crippen molar-refractivity contribution in [2.45, 2.75) is 33.0 Å². The minimum absolute atomic E-state index is 0.0646. The third-order valence-electron chi connectivity index (χ3n) is 3.56. The normalized spacial score (nSPS) is 12.4. The molecule has 2 rings (SSSR count). The van der Waals surface area contributed by atoms with Gasteiger partial charge in [0.1, 0.15) is 11.6 Å². The molecule has 0 saturated carbocycles. The lowest BCUT2D eigenvalue weighted by Crippen LogP contribution is -2.20. The summed E-state index contributed by atoms with van der Waals surface area (Å²) in [4.78, 5) is 4.01. The van der Waals surface area contributed by atoms with Crippen molar-refractivity contribution in [1.82, 2.24) is 10.3 Å². The number of aliphatic hydroxyl groups is 1. The van der Waals surface area contributed by atoms with Crippen LogP contribution in [0.25, 0.3) is 0 Å². The maximum Gasteiger partial charge on any atom is 0.141 e. The van der Waals surface area contributed by atoms with Gasteiger partial charge in [-0.1, -0.05) is 18.2 Å². The second kappa shape index (κ2) is 6.65. The molecule has 0 amide bonds. The number of aromatic hydroxyl groups is 1. The lowest BCUT2D eigenvalue weighted by Gasteiger charge is -2.17. The van der Waals surface area contributed by atoms with Crippen LogP contribution in [0.5, 0.6) is 5.75 Å². The molecular weight excluding hydrogens is 271 g/mol. The van der Waals surface area contributed by atoms with Crippen LogP contribution in [0.15, 0.2) is 30.5 Å². The van der Waals surface area contributed by atoms with Crippen LogP contribution in [-0.4, -0.2) is 15.2 Å². The first-order valence-electron chi connectivity index (χ1n) is 6.79. The highest BCUT2D eigenvalue weighted by molar-refractivity contribution is 5.40. The van der Waals surface area contributed by atoms with E-state index in [1.807, 2.05) is 6.92 Å². The minimum atomic E-state index is -0.269. The molecule has 21 heavy (non-hydrogen) atoms. The summed E-state index contributed by atoms with van der Waals surface area (Å²) in [5.74, 6) is -0.204. The number of aliphatic hydroxyl groups excluding tert-OH is 1. The zero-order chi connectivity index (χ0) is 15.4. The van der Waals surface area contributed by atoms with Crippen molar-refractivity contribution in [2.24, 2.45) is 0 Å². The molecule has 0 fully saturated rings. The summed E-state index contributed by atoms with van der Waals surface area (Å²) in [6.45, 7) is 3.66. The molecule has 0 saturated heterocycles. The number of rotatable bonds is 5. The average Bonchev–Trinajstić information content (AvgIpc) is 2.49. The molecule has 0 aliphatic carbocycles. The molecule has 1 unspecified atom stereocenters. The van der Waals surface area contributed by atoms with E-state index in [-0.39, 0.29) is 24.2 Å². The highest BCUT2D eigenvalue weighted by atomic mass is 19.1. The highest BCUT2D eigenvalue weighted by Crippen LogP contribution is 2.25. The van der Waals surface area contributed by atoms with Gasteiger partial charge in [0.25, 0.3) is 0 Å². The van der Waals surface area contributed by atoms with E-state index in [0.29, 0.717) is 28.9 Å². The molecule has 0 spiro atoms. The van der Waals surface area contributed by atoms with E-state index in [9.17, 15) is 14.6 Å². The monoisotopic (exact) mass is 290 g/mol. The van der Waals surface area contributed by atoms with Crippen molar-refractivity contribution >= 4 is 0 Å². The van der Waals surface area contributed by atoms with Crippen LogP contribution in [0.1, 0.15) is 35.3 Å². The predicted octanol–water partition coefficient (Wildman–Crippen LogP) is 2.58. The molecule has 1 aromatic heterocycles. The van der Waals surface area contributed by atoms with Crippen LogP contribution >= 0.6 is 0 Å². The van der Waals surface area contributed by atoms with Gasteiger partial charge in [-0.25, -0.2) is 4.39 Å². The highest BCUT2D eigenvalue weighted by Gasteiger charge is 2.14. The molecule has 112 valence electrons. The van der Waals surface area contributed by atoms with Crippen LogP contribution in [0.2, 0.25) is 0 Å². The maximum atomic E-state index is 13.7. The molecule has 1 heterocycles. The second-order valence-electron chi connectivity index (χ2n) is 4.98. The molecule has 3 N–H and O–H groups in total. The number of hydrogen-bond donors (Lipinski definition) is 3. The summed E-state index contributed by atoms with van der Waals surface area (Å²) in [5, 5.41) is 22.5. The van der Waals surface area contributed by atoms with E-state index in [2.05, 4.69) is 10.3 Å². The number of aromatic nitrogens is 1. The smallest absolute Gasteiger partial charge is 0.141 e. The summed E-state index contributed by atoms with van der Waals surface area (Å²) < 4.78 is 13.7. The number of pyridine rings is 1. The Morgan fingerprint density at radius 1 is 1.33 bits per heavy atom. The molecule has 5 heteroatoms. The van der Waals surface area contributed by atoms with Gasteiger partial charge >= 0.3 is 0 Å². The summed E-state index contributed by atoms with van der Waals surface area (Å²) in [6, 6.07) is 6.35. The van der Waals surface area contributed by atoms with Crippen LogP contribution in [0.4, 0.5) is 4.39 Å². The third kappa shape index (κ3) is 3.37. The molecular formula is C16H19FN2O2. The Morgan fingerprint density at radius 2 is 2.05 bits per heavy atom. The Bertz CT molecular complexity index is 632. The third-order valence-corrected chi connectivity index (χ3v) is 3.56. The number of nitrogens with one attached hydrogen (secondary N) is 1. The fourth-order valence-corrected chi connectivity index (χ4v) is 2.21. The standard InChI is InChI=1S/C16H19FN2O2/c1-10(13-5-3-4-6-15(13)17)19-8-14-12(9-20)7-18-11(2)16(14)21/h3-7,10,19-21H,8-9H2,1-2H3. The zero-order valence-corrected chi connectivity index (χ0v) is 12.1. The van der Waals surface area contributed by atoms with Crippen molar-refractivity contribution in [3.05, 3.63) is 58.7 Å². The maximum absolute atomic E-state index is 13.7. The molecule has 0 bridgehead atoms. The lowest BCUT2D eigenvalue weighted by atomic mass is 10.1. The van der Waals surface area contributed by atoms with E-state index in [1.54, 1.807) is 31.3 Å². The van der Waals surface area contributed by atoms with E-state index < -0.39 is 0 Å². The van der Waals surface area contributed by atoms with Crippen molar-refractivity contribution in [2.75, 3.05) is 0 Å². The van der Waals surface area contributed by atoms with Crippen LogP contribution in [0.3, 0.4) is 0 Å². The van der Waals surface area contributed by atoms with E-state index in [1.165, 1.54) is 6.07 Å². The Balaban J connectivity index is 2.17. The number of halogens is 1. The number of hydrogen-bond acceptors (Lipinski definition) is 4. The van der Waals surface area contributed by atoms with E-state index in [0.717, 1.165) is 0 Å². The Morgan fingerprint density at radius 3 is 2.71 bits per heavy atom. The lowest BCUT2D eigenvalue weighted by molar-refractivity contribution is 0.278. The molecule has 1 atom stereocenters. The second-order valence-corrected chi connectivity index (χ2v) is 4.98. The van der Waals surface area contributed by atoms with Gasteiger partial charge in [-0.2, -0.15) is 0 Å². The van der Waals surface area contributed by atoms with Crippen molar-refractivity contribution < 1.29 is 14.6 Å². The first-order valence-corrected chi connectivity index (χ1v) is 6.79. The summed E-state index contributed by atoms with van der Waals surface area (Å²) in [5.41, 5.74) is 2.22. The number of nitrogens with zero attached hydrogens (tertiary/aromatic N) is 1. The zero-order valence-electron chi connectivity index (χ0n) is 12.1. The first kappa shape index (κ1) is 15.4. The van der Waals surface area contributed by atoms with Crippen LogP contribution in [-0.2, 0) is 13.2 Å². The van der Waals surface area contributed by atoms with Gasteiger partial charge < -0.3 is 15.5 Å². The summed E-state index contributed by atoms with van der Waals surface area (Å²) in [7, 11) is 0.